The van der Waals surface area contributed by atoms with E-state index in [-0.39, 0.29) is 17.4 Å². The lowest BCUT2D eigenvalue weighted by Gasteiger charge is -2.37. The van der Waals surface area contributed by atoms with Crippen molar-refractivity contribution in [3.05, 3.63) is 95.1 Å². The van der Waals surface area contributed by atoms with Crippen LogP contribution in [0.4, 0.5) is 0 Å². The van der Waals surface area contributed by atoms with Crippen LogP contribution in [-0.4, -0.2) is 12.1 Å². The molecule has 0 bridgehead atoms. The quantitative estimate of drug-likeness (QED) is 0.348. The molecule has 2 atom stereocenters. The van der Waals surface area contributed by atoms with Crippen molar-refractivity contribution in [3.8, 4) is 0 Å². The zero-order valence-corrected chi connectivity index (χ0v) is 19.7. The third-order valence-electron chi connectivity index (χ3n) is 6.33. The van der Waals surface area contributed by atoms with E-state index in [1.807, 2.05) is 55.5 Å². The van der Waals surface area contributed by atoms with Crippen molar-refractivity contribution < 1.29 is 10.1 Å². The highest BCUT2D eigenvalue weighted by molar-refractivity contribution is 5.84. The topological polar surface area (TPSA) is 58.1 Å². The maximum atomic E-state index is 13.0. The first kappa shape index (κ1) is 23.7. The number of allylic oxidation sites excluding steroid dienone is 4. The molecule has 4 heteroatoms. The Bertz CT molecular complexity index is 974. The van der Waals surface area contributed by atoms with Gasteiger partial charge in [-0.05, 0) is 37.7 Å². The van der Waals surface area contributed by atoms with Gasteiger partial charge in [0.05, 0.1) is 0 Å². The molecule has 3 rings (SSSR count). The Morgan fingerprint density at radius 1 is 1.16 bits per heavy atom. The van der Waals surface area contributed by atoms with Crippen LogP contribution in [0, 0.1) is 11.3 Å². The van der Waals surface area contributed by atoms with E-state index in [0.29, 0.717) is 5.92 Å². The van der Waals surface area contributed by atoms with Gasteiger partial charge in [0.2, 0.25) is 0 Å². The second kappa shape index (κ2) is 11.1. The summed E-state index contributed by atoms with van der Waals surface area (Å²) >= 11 is 0. The minimum absolute atomic E-state index is 0.120. The normalized spacial score (nSPS) is 19.4. The Kier molecular flexibility index (Phi) is 8.18. The van der Waals surface area contributed by atoms with Crippen molar-refractivity contribution in [2.45, 2.75) is 53.1 Å². The monoisotopic (exact) mass is 430 g/mol. The van der Waals surface area contributed by atoms with E-state index in [1.165, 1.54) is 17.6 Å². The number of nitrogens with one attached hydrogen (secondary N) is 1. The standard InChI is InChI=1S/C28H35N3O/c1-21(18-25-22(2)12-11-17-28(25,3)4)19-30-31-27(32)26(24-15-9-6-10-16-24)29-20-23-13-7-5-8-14-23/h5-10,12-16,18-19,25-26,29H,11,17,20H2,1-4H3,(H,31,32)/p+1/b21-18+,30-19-/t25-,26+/m0/s1. The summed E-state index contributed by atoms with van der Waals surface area (Å²) in [6.07, 6.45) is 8.70. The van der Waals surface area contributed by atoms with Crippen molar-refractivity contribution in [2.24, 2.45) is 16.4 Å². The van der Waals surface area contributed by atoms with Crippen LogP contribution < -0.4 is 10.7 Å². The smallest absolute Gasteiger partial charge is 0.303 e. The summed E-state index contributed by atoms with van der Waals surface area (Å²) in [6, 6.07) is 19.7. The van der Waals surface area contributed by atoms with Crippen molar-refractivity contribution in [1.29, 1.82) is 0 Å². The summed E-state index contributed by atoms with van der Waals surface area (Å²) in [4.78, 5) is 13.0. The van der Waals surface area contributed by atoms with Crippen molar-refractivity contribution >= 4 is 12.1 Å². The predicted molar refractivity (Wildman–Crippen MR) is 132 cm³/mol. The largest absolute Gasteiger partial charge is 0.328 e. The number of carbonyl (C=O) groups excluding carboxylic acids is 1. The first-order valence-electron chi connectivity index (χ1n) is 11.5. The molecule has 0 heterocycles. The highest BCUT2D eigenvalue weighted by Crippen LogP contribution is 2.41. The summed E-state index contributed by atoms with van der Waals surface area (Å²) in [5.41, 5.74) is 7.62. The number of rotatable bonds is 8. The molecule has 168 valence electrons. The maximum Gasteiger partial charge on any atom is 0.303 e. The van der Waals surface area contributed by atoms with Gasteiger partial charge in [0.15, 0.2) is 6.04 Å². The number of hydrogen-bond acceptors (Lipinski definition) is 2. The molecule has 0 aliphatic heterocycles. The van der Waals surface area contributed by atoms with Crippen LogP contribution in [-0.2, 0) is 11.3 Å². The SMILES string of the molecule is CC1=CCCC(C)(C)[C@H]1/C=C(C)/C=N\NC(=O)[C@H]([NH2+]Cc1ccccc1)c1ccccc1. The molecule has 0 spiro atoms. The van der Waals surface area contributed by atoms with Gasteiger partial charge in [-0.2, -0.15) is 5.10 Å². The number of carbonyl (C=O) groups is 1. The highest BCUT2D eigenvalue weighted by Gasteiger charge is 2.31. The van der Waals surface area contributed by atoms with Crippen molar-refractivity contribution in [1.82, 2.24) is 5.43 Å². The minimum atomic E-state index is -0.361. The number of nitrogens with zero attached hydrogens (tertiary/aromatic N) is 1. The van der Waals surface area contributed by atoms with Gasteiger partial charge in [-0.3, -0.25) is 4.79 Å². The fourth-order valence-electron chi connectivity index (χ4n) is 4.42. The summed E-state index contributed by atoms with van der Waals surface area (Å²) in [5.74, 6) is 0.278. The first-order chi connectivity index (χ1) is 15.4. The second-order valence-corrected chi connectivity index (χ2v) is 9.41. The Morgan fingerprint density at radius 2 is 1.81 bits per heavy atom. The summed E-state index contributed by atoms with van der Waals surface area (Å²) < 4.78 is 0. The Balaban J connectivity index is 1.67. The van der Waals surface area contributed by atoms with Crippen molar-refractivity contribution in [2.75, 3.05) is 0 Å². The molecule has 0 unspecified atom stereocenters. The molecule has 3 N–H and O–H groups in total. The van der Waals surface area contributed by atoms with Crippen LogP contribution in [0.25, 0.3) is 0 Å². The third-order valence-corrected chi connectivity index (χ3v) is 6.33. The zero-order chi connectivity index (χ0) is 23.0. The molecule has 2 aromatic carbocycles. The van der Waals surface area contributed by atoms with Gasteiger partial charge in [-0.25, -0.2) is 5.43 Å². The molecule has 1 aliphatic rings. The molecule has 4 nitrogen and oxygen atoms in total. The fourth-order valence-corrected chi connectivity index (χ4v) is 4.42. The van der Waals surface area contributed by atoms with Crippen LogP contribution >= 0.6 is 0 Å². The van der Waals surface area contributed by atoms with E-state index in [2.05, 4.69) is 60.9 Å². The fraction of sp³-hybridized carbons (Fsp3) is 0.357. The van der Waals surface area contributed by atoms with E-state index in [0.717, 1.165) is 24.1 Å². The average Bonchev–Trinajstić information content (AvgIpc) is 2.78. The lowest BCUT2D eigenvalue weighted by molar-refractivity contribution is -0.698. The number of quaternary nitrogens is 1. The molecule has 2 aromatic rings. The van der Waals surface area contributed by atoms with Crippen LogP contribution in [0.1, 0.15) is 57.7 Å². The molecule has 0 saturated heterocycles. The Hall–Kier alpha value is -2.98. The Labute approximate surface area is 192 Å². The number of hydrazone groups is 1. The number of hydrogen-bond donors (Lipinski definition) is 2. The minimum Gasteiger partial charge on any atom is -0.328 e. The first-order valence-corrected chi connectivity index (χ1v) is 11.5. The molecular weight excluding hydrogens is 394 g/mol. The molecule has 1 aliphatic carbocycles. The summed E-state index contributed by atoms with van der Waals surface area (Å²) in [6.45, 7) is 9.62. The van der Waals surface area contributed by atoms with Gasteiger partial charge in [0.25, 0.3) is 0 Å². The lowest BCUT2D eigenvalue weighted by Crippen LogP contribution is -2.86. The average molecular weight is 431 g/mol. The number of nitrogens with two attached hydrogens (primary N) is 1. The van der Waals surface area contributed by atoms with Crippen LogP contribution in [0.15, 0.2) is 89.1 Å². The summed E-state index contributed by atoms with van der Waals surface area (Å²) in [5, 5.41) is 6.33. The molecule has 0 aromatic heterocycles. The molecule has 0 radical (unpaired) electrons. The van der Waals surface area contributed by atoms with Gasteiger partial charge in [-0.1, -0.05) is 92.2 Å². The van der Waals surface area contributed by atoms with E-state index < -0.39 is 0 Å². The van der Waals surface area contributed by atoms with Gasteiger partial charge >= 0.3 is 5.91 Å². The van der Waals surface area contributed by atoms with Crippen LogP contribution in [0.3, 0.4) is 0 Å². The van der Waals surface area contributed by atoms with Gasteiger partial charge in [0, 0.05) is 23.3 Å². The number of amides is 1. The van der Waals surface area contributed by atoms with E-state index in [9.17, 15) is 4.79 Å². The summed E-state index contributed by atoms with van der Waals surface area (Å²) in [7, 11) is 0. The highest BCUT2D eigenvalue weighted by atomic mass is 16.2. The van der Waals surface area contributed by atoms with E-state index in [1.54, 1.807) is 6.21 Å². The van der Waals surface area contributed by atoms with Gasteiger partial charge in [-0.15, -0.1) is 0 Å². The van der Waals surface area contributed by atoms with Crippen LogP contribution in [0.5, 0.6) is 0 Å². The van der Waals surface area contributed by atoms with Gasteiger partial charge in [0.1, 0.15) is 6.54 Å². The van der Waals surface area contributed by atoms with Crippen molar-refractivity contribution in [3.63, 3.8) is 0 Å². The van der Waals surface area contributed by atoms with Gasteiger partial charge < -0.3 is 5.32 Å². The molecule has 32 heavy (non-hydrogen) atoms. The van der Waals surface area contributed by atoms with Crippen LogP contribution in [0.2, 0.25) is 0 Å². The zero-order valence-electron chi connectivity index (χ0n) is 19.7. The number of benzene rings is 2. The molecule has 0 fully saturated rings. The lowest BCUT2D eigenvalue weighted by atomic mass is 9.68. The molecule has 1 amide bonds. The van der Waals surface area contributed by atoms with E-state index >= 15 is 0 Å². The third kappa shape index (κ3) is 6.51. The molecular formula is C28H36N3O+. The maximum absolute atomic E-state index is 13.0. The predicted octanol–water partition coefficient (Wildman–Crippen LogP) is 4.92. The second-order valence-electron chi connectivity index (χ2n) is 9.41. The molecule has 0 saturated carbocycles. The van der Waals surface area contributed by atoms with E-state index in [4.69, 9.17) is 0 Å². The Morgan fingerprint density at radius 3 is 2.47 bits per heavy atom.